The summed E-state index contributed by atoms with van der Waals surface area (Å²) in [7, 11) is 2.39. The van der Waals surface area contributed by atoms with Crippen molar-refractivity contribution in [2.45, 2.75) is 13.3 Å². The molecule has 0 atom stereocenters. The van der Waals surface area contributed by atoms with E-state index in [0.29, 0.717) is 0 Å². The number of methoxy groups -OCH3 is 2. The van der Waals surface area contributed by atoms with Crippen molar-refractivity contribution >= 4 is 29.3 Å². The Labute approximate surface area is 121 Å². The van der Waals surface area contributed by atoms with Crippen molar-refractivity contribution in [3.8, 4) is 0 Å². The number of anilines is 1. The Morgan fingerprint density at radius 2 is 1.43 bits per heavy atom. The number of hydrogen-bond donors (Lipinski definition) is 1. The zero-order valence-electron chi connectivity index (χ0n) is 11.9. The number of esters is 2. The minimum Gasteiger partial charge on any atom is -0.465 e. The minimum atomic E-state index is -0.664. The fourth-order valence-electron chi connectivity index (χ4n) is 1.60. The molecule has 0 aromatic heterocycles. The van der Waals surface area contributed by atoms with Crippen molar-refractivity contribution in [1.29, 1.82) is 0 Å². The number of hydrogen-bond acceptors (Lipinski definition) is 6. The smallest absolute Gasteiger partial charge is 0.337 e. The molecule has 0 saturated heterocycles. The number of carbonyl (C=O) groups is 4. The molecule has 0 spiro atoms. The van der Waals surface area contributed by atoms with Gasteiger partial charge in [-0.15, -0.1) is 0 Å². The van der Waals surface area contributed by atoms with E-state index in [1.54, 1.807) is 0 Å². The van der Waals surface area contributed by atoms with Crippen LogP contribution in [0.1, 0.15) is 34.1 Å². The largest absolute Gasteiger partial charge is 0.465 e. The molecule has 0 fully saturated rings. The summed E-state index contributed by atoms with van der Waals surface area (Å²) in [6.07, 6.45) is -0.296. The van der Waals surface area contributed by atoms with E-state index >= 15 is 0 Å². The predicted molar refractivity (Wildman–Crippen MR) is 73.0 cm³/mol. The Morgan fingerprint density at radius 3 is 1.81 bits per heavy atom. The Morgan fingerprint density at radius 1 is 0.952 bits per heavy atom. The highest BCUT2D eigenvalue weighted by molar-refractivity contribution is 6.05. The Bertz CT molecular complexity index is 559. The molecule has 0 bridgehead atoms. The SMILES string of the molecule is COC(=O)c1cc(NC(=O)CC(C)=O)cc(C(=O)OC)c1. The highest BCUT2D eigenvalue weighted by atomic mass is 16.5. The molecular weight excluding hydrogens is 278 g/mol. The molecule has 1 N–H and O–H groups in total. The lowest BCUT2D eigenvalue weighted by molar-refractivity contribution is -0.124. The lowest BCUT2D eigenvalue weighted by Crippen LogP contribution is -2.16. The van der Waals surface area contributed by atoms with Crippen LogP contribution in [0.5, 0.6) is 0 Å². The van der Waals surface area contributed by atoms with Crippen molar-refractivity contribution in [2.75, 3.05) is 19.5 Å². The Balaban J connectivity index is 3.12. The Hall–Kier alpha value is -2.70. The molecule has 0 aliphatic rings. The lowest BCUT2D eigenvalue weighted by Gasteiger charge is -2.09. The van der Waals surface area contributed by atoms with Crippen LogP contribution in [0.3, 0.4) is 0 Å². The van der Waals surface area contributed by atoms with Crippen LogP contribution in [-0.2, 0) is 19.1 Å². The molecule has 112 valence electrons. The monoisotopic (exact) mass is 293 g/mol. The maximum absolute atomic E-state index is 11.6. The normalized spacial score (nSPS) is 9.67. The predicted octanol–water partition coefficient (Wildman–Crippen LogP) is 1.18. The molecule has 0 radical (unpaired) electrons. The summed E-state index contributed by atoms with van der Waals surface area (Å²) in [6.45, 7) is 1.28. The third-order valence-corrected chi connectivity index (χ3v) is 2.47. The second-order valence-electron chi connectivity index (χ2n) is 4.21. The number of rotatable bonds is 5. The van der Waals surface area contributed by atoms with Crippen molar-refractivity contribution < 1.29 is 28.7 Å². The summed E-state index contributed by atoms with van der Waals surface area (Å²) in [6, 6.07) is 3.98. The van der Waals surface area contributed by atoms with Gasteiger partial charge in [-0.25, -0.2) is 9.59 Å². The van der Waals surface area contributed by atoms with E-state index in [0.717, 1.165) is 0 Å². The fourth-order valence-corrected chi connectivity index (χ4v) is 1.60. The second kappa shape index (κ2) is 7.18. The molecule has 1 amide bonds. The first-order valence-electron chi connectivity index (χ1n) is 5.98. The standard InChI is InChI=1S/C14H15NO6/c1-8(16)4-12(17)15-11-6-9(13(18)20-2)5-10(7-11)14(19)21-3/h5-7H,4H2,1-3H3,(H,15,17). The third-order valence-electron chi connectivity index (χ3n) is 2.47. The van der Waals surface area contributed by atoms with Crippen molar-refractivity contribution in [3.63, 3.8) is 0 Å². The molecule has 0 saturated carbocycles. The zero-order chi connectivity index (χ0) is 16.0. The van der Waals surface area contributed by atoms with E-state index in [1.807, 2.05) is 0 Å². The van der Waals surface area contributed by atoms with Gasteiger partial charge in [0.25, 0.3) is 0 Å². The topological polar surface area (TPSA) is 98.8 Å². The molecule has 7 heteroatoms. The number of ketones is 1. The number of Topliss-reactive ketones (excluding diaryl/α,β-unsaturated/α-hetero) is 1. The van der Waals surface area contributed by atoms with Crippen LogP contribution in [0.25, 0.3) is 0 Å². The van der Waals surface area contributed by atoms with Gasteiger partial charge in [-0.2, -0.15) is 0 Å². The van der Waals surface area contributed by atoms with Crippen molar-refractivity contribution in [1.82, 2.24) is 0 Å². The molecule has 7 nitrogen and oxygen atoms in total. The average Bonchev–Trinajstić information content (AvgIpc) is 2.44. The van der Waals surface area contributed by atoms with Gasteiger partial charge in [-0.05, 0) is 25.1 Å². The van der Waals surface area contributed by atoms with Gasteiger partial charge in [0, 0.05) is 5.69 Å². The van der Waals surface area contributed by atoms with E-state index in [-0.39, 0.29) is 29.0 Å². The van der Waals surface area contributed by atoms with Crippen LogP contribution in [0.15, 0.2) is 18.2 Å². The highest BCUT2D eigenvalue weighted by Crippen LogP contribution is 2.17. The molecule has 21 heavy (non-hydrogen) atoms. The fraction of sp³-hybridized carbons (Fsp3) is 0.286. The van der Waals surface area contributed by atoms with Gasteiger partial charge >= 0.3 is 11.9 Å². The lowest BCUT2D eigenvalue weighted by atomic mass is 10.1. The molecule has 1 aromatic rings. The number of amides is 1. The maximum Gasteiger partial charge on any atom is 0.337 e. The zero-order valence-corrected chi connectivity index (χ0v) is 11.9. The van der Waals surface area contributed by atoms with Crippen LogP contribution in [0.4, 0.5) is 5.69 Å². The summed E-state index contributed by atoms with van der Waals surface area (Å²) in [5, 5.41) is 2.44. The third kappa shape index (κ3) is 4.72. The van der Waals surface area contributed by atoms with Gasteiger partial charge < -0.3 is 14.8 Å². The van der Waals surface area contributed by atoms with Crippen LogP contribution in [-0.4, -0.2) is 37.8 Å². The highest BCUT2D eigenvalue weighted by Gasteiger charge is 2.15. The summed E-state index contributed by atoms with van der Waals surface area (Å²) in [5.74, 6) is -2.17. The van der Waals surface area contributed by atoms with Gasteiger partial charge in [-0.3, -0.25) is 9.59 Å². The molecule has 0 unspecified atom stereocenters. The summed E-state index contributed by atoms with van der Waals surface area (Å²) >= 11 is 0. The number of ether oxygens (including phenoxy) is 2. The average molecular weight is 293 g/mol. The first-order chi connectivity index (χ1) is 9.87. The number of benzene rings is 1. The summed E-state index contributed by atoms with van der Waals surface area (Å²) in [4.78, 5) is 45.5. The van der Waals surface area contributed by atoms with E-state index in [1.165, 1.54) is 39.3 Å². The van der Waals surface area contributed by atoms with Gasteiger partial charge in [-0.1, -0.05) is 0 Å². The molecule has 0 aliphatic carbocycles. The van der Waals surface area contributed by atoms with E-state index in [2.05, 4.69) is 14.8 Å². The van der Waals surface area contributed by atoms with Crippen molar-refractivity contribution in [2.24, 2.45) is 0 Å². The van der Waals surface area contributed by atoms with E-state index in [4.69, 9.17) is 0 Å². The molecule has 1 aromatic carbocycles. The quantitative estimate of drug-likeness (QED) is 0.646. The maximum atomic E-state index is 11.6. The minimum absolute atomic E-state index is 0.0820. The Kier molecular flexibility index (Phi) is 5.59. The van der Waals surface area contributed by atoms with Crippen molar-refractivity contribution in [3.05, 3.63) is 29.3 Å². The van der Waals surface area contributed by atoms with Crippen LogP contribution < -0.4 is 5.32 Å². The molecule has 0 aliphatic heterocycles. The first-order valence-corrected chi connectivity index (χ1v) is 5.98. The van der Waals surface area contributed by atoms with E-state index < -0.39 is 17.8 Å². The molecule has 1 rings (SSSR count). The van der Waals surface area contributed by atoms with Crippen LogP contribution in [0, 0.1) is 0 Å². The van der Waals surface area contributed by atoms with Gasteiger partial charge in [0.15, 0.2) is 0 Å². The van der Waals surface area contributed by atoms with Gasteiger partial charge in [0.1, 0.15) is 5.78 Å². The summed E-state index contributed by atoms with van der Waals surface area (Å²) in [5.41, 5.74) is 0.363. The number of carbonyl (C=O) groups excluding carboxylic acids is 4. The van der Waals surface area contributed by atoms with Crippen LogP contribution in [0.2, 0.25) is 0 Å². The molecular formula is C14H15NO6. The van der Waals surface area contributed by atoms with Gasteiger partial charge in [0.05, 0.1) is 31.8 Å². The second-order valence-corrected chi connectivity index (χ2v) is 4.21. The first kappa shape index (κ1) is 16.4. The summed E-state index contributed by atoms with van der Waals surface area (Å²) < 4.78 is 9.14. The van der Waals surface area contributed by atoms with E-state index in [9.17, 15) is 19.2 Å². The van der Waals surface area contributed by atoms with Crippen LogP contribution >= 0.6 is 0 Å². The van der Waals surface area contributed by atoms with Gasteiger partial charge in [0.2, 0.25) is 5.91 Å². The number of nitrogens with one attached hydrogen (secondary N) is 1. The molecule has 0 heterocycles.